The van der Waals surface area contributed by atoms with Crippen molar-refractivity contribution < 1.29 is 9.53 Å². The molecule has 3 rings (SSSR count). The monoisotopic (exact) mass is 409 g/mol. The highest BCUT2D eigenvalue weighted by Crippen LogP contribution is 2.48. The number of aromatic nitrogens is 2. The van der Waals surface area contributed by atoms with Crippen LogP contribution in [0.5, 0.6) is 0 Å². The van der Waals surface area contributed by atoms with E-state index < -0.39 is 0 Å². The van der Waals surface area contributed by atoms with Crippen molar-refractivity contribution in [3.05, 3.63) is 46.8 Å². The van der Waals surface area contributed by atoms with Crippen LogP contribution in [0.2, 0.25) is 0 Å². The number of rotatable bonds is 6. The van der Waals surface area contributed by atoms with Gasteiger partial charge in [-0.3, -0.25) is 0 Å². The van der Waals surface area contributed by atoms with Crippen LogP contribution in [0.3, 0.4) is 0 Å². The molecular formula is C25H35N3O2. The first-order chi connectivity index (χ1) is 14.1. The first kappa shape index (κ1) is 22.3. The predicted molar refractivity (Wildman–Crippen MR) is 122 cm³/mol. The average Bonchev–Trinajstić information content (AvgIpc) is 2.70. The molecular weight excluding hydrogens is 374 g/mol. The highest BCUT2D eigenvalue weighted by atomic mass is 16.5. The lowest BCUT2D eigenvalue weighted by Gasteiger charge is -2.43. The Hall–Kier alpha value is -2.43. The van der Waals surface area contributed by atoms with Crippen molar-refractivity contribution in [1.82, 2.24) is 9.97 Å². The number of anilines is 2. The fourth-order valence-corrected chi connectivity index (χ4v) is 4.33. The number of hydrogen-bond donors (Lipinski definition) is 0. The van der Waals surface area contributed by atoms with E-state index in [2.05, 4.69) is 68.5 Å². The van der Waals surface area contributed by atoms with E-state index in [1.54, 1.807) is 19.3 Å². The van der Waals surface area contributed by atoms with Crippen LogP contribution < -0.4 is 4.90 Å². The quantitative estimate of drug-likeness (QED) is 0.559. The SMILES string of the molecule is CCCN(c1ncc(C(=O)OCC)cn1)c1cc2c(cc1C)C(C)(C)CCC2(C)C. The van der Waals surface area contributed by atoms with Crippen LogP contribution in [0.15, 0.2) is 24.5 Å². The van der Waals surface area contributed by atoms with Gasteiger partial charge in [-0.05, 0) is 66.7 Å². The predicted octanol–water partition coefficient (Wildman–Crippen LogP) is 5.86. The Morgan fingerprint density at radius 3 is 2.13 bits per heavy atom. The van der Waals surface area contributed by atoms with Crippen molar-refractivity contribution in [2.45, 2.75) is 78.6 Å². The zero-order valence-corrected chi connectivity index (χ0v) is 19.5. The van der Waals surface area contributed by atoms with E-state index >= 15 is 0 Å². The summed E-state index contributed by atoms with van der Waals surface area (Å²) < 4.78 is 5.05. The number of carbonyl (C=O) groups excluding carboxylic acids is 1. The van der Waals surface area contributed by atoms with Crippen molar-refractivity contribution in [1.29, 1.82) is 0 Å². The molecule has 0 bridgehead atoms. The first-order valence-electron chi connectivity index (χ1n) is 11.0. The van der Waals surface area contributed by atoms with E-state index in [4.69, 9.17) is 4.74 Å². The number of hydrogen-bond acceptors (Lipinski definition) is 5. The highest BCUT2D eigenvalue weighted by molar-refractivity contribution is 5.88. The van der Waals surface area contributed by atoms with Crippen molar-refractivity contribution in [2.24, 2.45) is 0 Å². The second-order valence-electron chi connectivity index (χ2n) is 9.60. The van der Waals surface area contributed by atoms with E-state index in [1.165, 1.54) is 29.5 Å². The normalized spacial score (nSPS) is 16.6. The van der Waals surface area contributed by atoms with Gasteiger partial charge in [0.1, 0.15) is 0 Å². The molecule has 5 nitrogen and oxygen atoms in total. The first-order valence-corrected chi connectivity index (χ1v) is 11.0. The van der Waals surface area contributed by atoms with Crippen LogP contribution in [0.1, 0.15) is 87.9 Å². The number of ether oxygens (including phenoxy) is 1. The minimum absolute atomic E-state index is 0.139. The molecule has 162 valence electrons. The maximum absolute atomic E-state index is 12.0. The van der Waals surface area contributed by atoms with Gasteiger partial charge in [-0.1, -0.05) is 40.7 Å². The molecule has 2 aromatic rings. The van der Waals surface area contributed by atoms with Gasteiger partial charge < -0.3 is 9.64 Å². The molecule has 0 aliphatic heterocycles. The maximum Gasteiger partial charge on any atom is 0.341 e. The summed E-state index contributed by atoms with van der Waals surface area (Å²) in [5, 5.41) is 0. The topological polar surface area (TPSA) is 55.3 Å². The molecule has 30 heavy (non-hydrogen) atoms. The van der Waals surface area contributed by atoms with Crippen molar-refractivity contribution in [3.63, 3.8) is 0 Å². The number of carbonyl (C=O) groups is 1. The summed E-state index contributed by atoms with van der Waals surface area (Å²) in [6.07, 6.45) is 6.46. The summed E-state index contributed by atoms with van der Waals surface area (Å²) in [6.45, 7) is 16.6. The van der Waals surface area contributed by atoms with E-state index in [0.717, 1.165) is 18.7 Å². The third-order valence-corrected chi connectivity index (χ3v) is 6.30. The smallest absolute Gasteiger partial charge is 0.341 e. The minimum atomic E-state index is -0.389. The fraction of sp³-hybridized carbons (Fsp3) is 0.560. The molecule has 1 aromatic carbocycles. The standard InChI is InChI=1S/C25H35N3O2/c1-8-12-28(23-26-15-18(16-27-23)22(29)30-9-2)21-14-20-19(13-17(21)3)24(4,5)10-11-25(20,6)7/h13-16H,8-12H2,1-7H3. The van der Waals surface area contributed by atoms with Gasteiger partial charge in [0.2, 0.25) is 5.95 Å². The Bertz CT molecular complexity index is 917. The lowest BCUT2D eigenvalue weighted by atomic mass is 9.63. The van der Waals surface area contributed by atoms with E-state index in [1.807, 2.05) is 0 Å². The Balaban J connectivity index is 2.06. The lowest BCUT2D eigenvalue weighted by molar-refractivity contribution is 0.0525. The summed E-state index contributed by atoms with van der Waals surface area (Å²) in [7, 11) is 0. The molecule has 0 N–H and O–H groups in total. The van der Waals surface area contributed by atoms with Crippen LogP contribution in [0.4, 0.5) is 11.6 Å². The van der Waals surface area contributed by atoms with Crippen LogP contribution in [0, 0.1) is 6.92 Å². The molecule has 0 fully saturated rings. The summed E-state index contributed by atoms with van der Waals surface area (Å²) in [6, 6.07) is 4.71. The van der Waals surface area contributed by atoms with Crippen LogP contribution in [-0.2, 0) is 15.6 Å². The number of nitrogens with zero attached hydrogens (tertiary/aromatic N) is 3. The summed E-state index contributed by atoms with van der Waals surface area (Å²) in [5.41, 5.74) is 5.94. The van der Waals surface area contributed by atoms with Gasteiger partial charge in [0.25, 0.3) is 0 Å². The minimum Gasteiger partial charge on any atom is -0.462 e. The van der Waals surface area contributed by atoms with Gasteiger partial charge in [-0.15, -0.1) is 0 Å². The third kappa shape index (κ3) is 4.21. The lowest BCUT2D eigenvalue weighted by Crippen LogP contribution is -2.34. The van der Waals surface area contributed by atoms with Crippen LogP contribution in [-0.4, -0.2) is 29.1 Å². The molecule has 1 aliphatic carbocycles. The zero-order chi connectivity index (χ0) is 22.1. The largest absolute Gasteiger partial charge is 0.462 e. The van der Waals surface area contributed by atoms with Gasteiger partial charge >= 0.3 is 5.97 Å². The molecule has 0 radical (unpaired) electrons. The number of aryl methyl sites for hydroxylation is 1. The number of fused-ring (bicyclic) bond motifs is 1. The summed E-state index contributed by atoms with van der Waals surface area (Å²) in [4.78, 5) is 23.1. The second kappa shape index (κ2) is 8.37. The van der Waals surface area contributed by atoms with Crippen molar-refractivity contribution in [3.8, 4) is 0 Å². The Kier molecular flexibility index (Phi) is 6.21. The number of esters is 1. The van der Waals surface area contributed by atoms with Gasteiger partial charge in [-0.2, -0.15) is 0 Å². The highest BCUT2D eigenvalue weighted by Gasteiger charge is 2.38. The Labute approximate surface area is 180 Å². The zero-order valence-electron chi connectivity index (χ0n) is 19.5. The molecule has 0 saturated heterocycles. The van der Waals surface area contributed by atoms with Gasteiger partial charge in [0.05, 0.1) is 12.2 Å². The van der Waals surface area contributed by atoms with E-state index in [0.29, 0.717) is 18.1 Å². The molecule has 0 saturated carbocycles. The number of benzene rings is 1. The summed E-state index contributed by atoms with van der Waals surface area (Å²) in [5.74, 6) is 0.223. The van der Waals surface area contributed by atoms with Crippen molar-refractivity contribution in [2.75, 3.05) is 18.1 Å². The second-order valence-corrected chi connectivity index (χ2v) is 9.60. The van der Waals surface area contributed by atoms with Gasteiger partial charge in [0, 0.05) is 24.6 Å². The van der Waals surface area contributed by atoms with Gasteiger partial charge in [0.15, 0.2) is 0 Å². The Morgan fingerprint density at radius 2 is 1.60 bits per heavy atom. The van der Waals surface area contributed by atoms with Crippen LogP contribution in [0.25, 0.3) is 0 Å². The third-order valence-electron chi connectivity index (χ3n) is 6.30. The Morgan fingerprint density at radius 1 is 1.03 bits per heavy atom. The molecule has 1 aromatic heterocycles. The fourth-order valence-electron chi connectivity index (χ4n) is 4.33. The maximum atomic E-state index is 12.0. The average molecular weight is 410 g/mol. The molecule has 0 amide bonds. The molecule has 0 spiro atoms. The molecule has 1 aliphatic rings. The van der Waals surface area contributed by atoms with Crippen molar-refractivity contribution >= 4 is 17.6 Å². The molecule has 0 unspecified atom stereocenters. The molecule has 1 heterocycles. The molecule has 5 heteroatoms. The van der Waals surface area contributed by atoms with Crippen LogP contribution >= 0.6 is 0 Å². The van der Waals surface area contributed by atoms with E-state index in [-0.39, 0.29) is 16.8 Å². The summed E-state index contributed by atoms with van der Waals surface area (Å²) >= 11 is 0. The van der Waals surface area contributed by atoms with Gasteiger partial charge in [-0.25, -0.2) is 14.8 Å². The molecule has 0 atom stereocenters. The van der Waals surface area contributed by atoms with E-state index in [9.17, 15) is 4.79 Å².